The zero-order valence-corrected chi connectivity index (χ0v) is 12.4. The lowest BCUT2D eigenvalue weighted by Gasteiger charge is -2.09. The molecule has 0 aliphatic carbocycles. The molecule has 0 aliphatic rings. The lowest BCUT2D eigenvalue weighted by Crippen LogP contribution is -2.09. The predicted molar refractivity (Wildman–Crippen MR) is 74.8 cm³/mol. The predicted octanol–water partition coefficient (Wildman–Crippen LogP) is 2.87. The van der Waals surface area contributed by atoms with Gasteiger partial charge in [0.2, 0.25) is 0 Å². The summed E-state index contributed by atoms with van der Waals surface area (Å²) in [6.07, 6.45) is 1.09. The lowest BCUT2D eigenvalue weighted by molar-refractivity contribution is -0.143. The van der Waals surface area contributed by atoms with Gasteiger partial charge in [0.25, 0.3) is 0 Å². The molecule has 1 heterocycles. The molecule has 0 aromatic carbocycles. The number of esters is 1. The van der Waals surface area contributed by atoms with E-state index in [9.17, 15) is 9.59 Å². The van der Waals surface area contributed by atoms with Gasteiger partial charge >= 0.3 is 5.97 Å². The average molecular weight is 286 g/mol. The molecule has 19 heavy (non-hydrogen) atoms. The molecule has 1 aromatic rings. The van der Waals surface area contributed by atoms with E-state index >= 15 is 0 Å². The minimum Gasteiger partial charge on any atom is -0.466 e. The molecule has 5 heteroatoms. The number of alkyl halides is 1. The van der Waals surface area contributed by atoms with E-state index in [1.54, 1.807) is 6.92 Å². The van der Waals surface area contributed by atoms with E-state index in [0.717, 1.165) is 11.4 Å². The van der Waals surface area contributed by atoms with Gasteiger partial charge in [0.1, 0.15) is 0 Å². The van der Waals surface area contributed by atoms with Crippen LogP contribution in [0, 0.1) is 13.8 Å². The second-order valence-corrected chi connectivity index (χ2v) is 4.67. The van der Waals surface area contributed by atoms with Crippen molar-refractivity contribution in [2.45, 2.75) is 40.2 Å². The highest BCUT2D eigenvalue weighted by molar-refractivity contribution is 6.30. The maximum atomic E-state index is 11.6. The first-order valence-corrected chi connectivity index (χ1v) is 6.96. The van der Waals surface area contributed by atoms with Gasteiger partial charge in [0, 0.05) is 29.9 Å². The fourth-order valence-electron chi connectivity index (χ4n) is 2.11. The van der Waals surface area contributed by atoms with Crippen LogP contribution in [0.25, 0.3) is 0 Å². The van der Waals surface area contributed by atoms with Crippen LogP contribution >= 0.6 is 11.6 Å². The number of carbonyl (C=O) groups excluding carboxylic acids is 2. The van der Waals surface area contributed by atoms with Crippen molar-refractivity contribution in [1.82, 2.24) is 4.57 Å². The van der Waals surface area contributed by atoms with Crippen LogP contribution in [0.3, 0.4) is 0 Å². The van der Waals surface area contributed by atoms with Crippen molar-refractivity contribution < 1.29 is 14.3 Å². The topological polar surface area (TPSA) is 48.3 Å². The van der Waals surface area contributed by atoms with Crippen molar-refractivity contribution in [3.8, 4) is 0 Å². The summed E-state index contributed by atoms with van der Waals surface area (Å²) < 4.78 is 6.92. The molecule has 106 valence electrons. The monoisotopic (exact) mass is 285 g/mol. The van der Waals surface area contributed by atoms with Crippen LogP contribution < -0.4 is 0 Å². The van der Waals surface area contributed by atoms with Crippen molar-refractivity contribution in [2.24, 2.45) is 0 Å². The molecule has 1 rings (SSSR count). The van der Waals surface area contributed by atoms with Crippen LogP contribution in [0.2, 0.25) is 0 Å². The fourth-order valence-corrected chi connectivity index (χ4v) is 2.26. The Morgan fingerprint density at radius 1 is 1.37 bits per heavy atom. The minimum atomic E-state index is -0.179. The molecule has 0 amide bonds. The smallest absolute Gasteiger partial charge is 0.305 e. The number of aryl methyl sites for hydroxylation is 1. The van der Waals surface area contributed by atoms with Gasteiger partial charge in [-0.3, -0.25) is 9.59 Å². The van der Waals surface area contributed by atoms with Crippen LogP contribution in [0.5, 0.6) is 0 Å². The maximum absolute atomic E-state index is 11.6. The number of carbonyl (C=O) groups is 2. The van der Waals surface area contributed by atoms with E-state index < -0.39 is 0 Å². The summed E-state index contributed by atoms with van der Waals surface area (Å²) in [5.74, 6) is -0.249. The zero-order chi connectivity index (χ0) is 14.4. The van der Waals surface area contributed by atoms with Crippen molar-refractivity contribution in [1.29, 1.82) is 0 Å². The molecule has 4 nitrogen and oxygen atoms in total. The van der Waals surface area contributed by atoms with Gasteiger partial charge in [0.15, 0.2) is 5.78 Å². The number of ether oxygens (including phenoxy) is 1. The van der Waals surface area contributed by atoms with Gasteiger partial charge in [-0.15, -0.1) is 11.6 Å². The Balaban J connectivity index is 2.66. The van der Waals surface area contributed by atoms with E-state index in [1.807, 2.05) is 24.5 Å². The van der Waals surface area contributed by atoms with Gasteiger partial charge in [-0.25, -0.2) is 0 Å². The number of nitrogens with zero attached hydrogens (tertiary/aromatic N) is 1. The Kier molecular flexibility index (Phi) is 6.09. The quantitative estimate of drug-likeness (QED) is 0.440. The van der Waals surface area contributed by atoms with E-state index in [-0.39, 0.29) is 17.6 Å². The van der Waals surface area contributed by atoms with Gasteiger partial charge in [0.05, 0.1) is 12.5 Å². The first kappa shape index (κ1) is 15.8. The van der Waals surface area contributed by atoms with Crippen LogP contribution in [0.4, 0.5) is 0 Å². The summed E-state index contributed by atoms with van der Waals surface area (Å²) in [7, 11) is 0. The first-order chi connectivity index (χ1) is 9.01. The summed E-state index contributed by atoms with van der Waals surface area (Å²) in [5, 5.41) is 0. The van der Waals surface area contributed by atoms with Crippen LogP contribution in [-0.2, 0) is 16.1 Å². The number of halogens is 1. The number of Topliss-reactive ketones (excluding diaryl/α,β-unsaturated/α-hetero) is 1. The number of hydrogen-bond donors (Lipinski definition) is 0. The Morgan fingerprint density at radius 3 is 2.63 bits per heavy atom. The van der Waals surface area contributed by atoms with Crippen molar-refractivity contribution in [3.05, 3.63) is 23.0 Å². The molecular formula is C14H20ClNO3. The molecular weight excluding hydrogens is 266 g/mol. The van der Waals surface area contributed by atoms with Gasteiger partial charge in [-0.05, 0) is 33.3 Å². The van der Waals surface area contributed by atoms with Crippen molar-refractivity contribution >= 4 is 23.4 Å². The maximum Gasteiger partial charge on any atom is 0.305 e. The molecule has 0 aliphatic heterocycles. The SMILES string of the molecule is CCOC(=O)CCCn1c(C)cc(C(=O)CCl)c1C. The third-order valence-corrected chi connectivity index (χ3v) is 3.31. The Labute approximate surface area is 118 Å². The molecule has 0 spiro atoms. The zero-order valence-electron chi connectivity index (χ0n) is 11.7. The van der Waals surface area contributed by atoms with Gasteiger partial charge in [-0.2, -0.15) is 0 Å². The molecule has 0 bridgehead atoms. The van der Waals surface area contributed by atoms with Crippen molar-refractivity contribution in [2.75, 3.05) is 12.5 Å². The molecule has 0 radical (unpaired) electrons. The highest BCUT2D eigenvalue weighted by atomic mass is 35.5. The third kappa shape index (κ3) is 4.10. The van der Waals surface area contributed by atoms with E-state index in [0.29, 0.717) is 31.6 Å². The second kappa shape index (κ2) is 7.34. The van der Waals surface area contributed by atoms with Gasteiger partial charge in [-0.1, -0.05) is 0 Å². The van der Waals surface area contributed by atoms with Crippen LogP contribution in [-0.4, -0.2) is 28.8 Å². The van der Waals surface area contributed by atoms with Gasteiger partial charge < -0.3 is 9.30 Å². The summed E-state index contributed by atoms with van der Waals surface area (Å²) >= 11 is 5.58. The summed E-state index contributed by atoms with van der Waals surface area (Å²) in [6.45, 7) is 6.75. The molecule has 0 saturated heterocycles. The molecule has 0 atom stereocenters. The Morgan fingerprint density at radius 2 is 2.05 bits per heavy atom. The minimum absolute atomic E-state index is 0.00683. The molecule has 0 saturated carbocycles. The Hall–Kier alpha value is -1.29. The van der Waals surface area contributed by atoms with Crippen LogP contribution in [0.15, 0.2) is 6.07 Å². The standard InChI is InChI=1S/C14H20ClNO3/c1-4-19-14(18)6-5-7-16-10(2)8-12(11(16)3)13(17)9-15/h8H,4-7,9H2,1-3H3. The lowest BCUT2D eigenvalue weighted by atomic mass is 10.2. The number of ketones is 1. The summed E-state index contributed by atoms with van der Waals surface area (Å²) in [4.78, 5) is 22.9. The normalized spacial score (nSPS) is 10.5. The van der Waals surface area contributed by atoms with Crippen LogP contribution in [0.1, 0.15) is 41.5 Å². The second-order valence-electron chi connectivity index (χ2n) is 4.40. The molecule has 0 N–H and O–H groups in total. The Bertz CT molecular complexity index is 466. The van der Waals surface area contributed by atoms with E-state index in [1.165, 1.54) is 0 Å². The molecule has 1 aromatic heterocycles. The molecule has 0 fully saturated rings. The fraction of sp³-hybridized carbons (Fsp3) is 0.571. The molecule has 0 unspecified atom stereocenters. The summed E-state index contributed by atoms with van der Waals surface area (Å²) in [5.41, 5.74) is 2.59. The first-order valence-electron chi connectivity index (χ1n) is 6.42. The van der Waals surface area contributed by atoms with E-state index in [2.05, 4.69) is 0 Å². The highest BCUT2D eigenvalue weighted by Crippen LogP contribution is 2.17. The summed E-state index contributed by atoms with van der Waals surface area (Å²) in [6, 6.07) is 1.85. The van der Waals surface area contributed by atoms with E-state index in [4.69, 9.17) is 16.3 Å². The third-order valence-electron chi connectivity index (χ3n) is 3.06. The largest absolute Gasteiger partial charge is 0.466 e. The average Bonchev–Trinajstić information content (AvgIpc) is 2.66. The number of hydrogen-bond acceptors (Lipinski definition) is 3. The number of rotatable bonds is 7. The van der Waals surface area contributed by atoms with Crippen molar-refractivity contribution in [3.63, 3.8) is 0 Å². The number of aromatic nitrogens is 1. The highest BCUT2D eigenvalue weighted by Gasteiger charge is 2.14.